The summed E-state index contributed by atoms with van der Waals surface area (Å²) in [5.41, 5.74) is 1.24. The van der Waals surface area contributed by atoms with E-state index in [1.54, 1.807) is 30.1 Å². The van der Waals surface area contributed by atoms with Crippen molar-refractivity contribution in [1.29, 1.82) is 0 Å². The number of ketones is 2. The number of phenolic OH excluding ortho intramolecular Hbond substituents is 1. The lowest BCUT2D eigenvalue weighted by atomic mass is 9.70. The number of aliphatic hydroxyl groups excluding tert-OH is 1. The van der Waals surface area contributed by atoms with Crippen LogP contribution < -0.4 is 0 Å². The Morgan fingerprint density at radius 3 is 2.03 bits per heavy atom. The number of hydrogen-bond acceptors (Lipinski definition) is 6. The van der Waals surface area contributed by atoms with Crippen molar-refractivity contribution in [2.45, 2.75) is 45.4 Å². The van der Waals surface area contributed by atoms with Crippen LogP contribution in [0.5, 0.6) is 5.75 Å². The quantitative estimate of drug-likeness (QED) is 0.432. The molecule has 2 aliphatic carbocycles. The summed E-state index contributed by atoms with van der Waals surface area (Å²) in [6.45, 7) is 5.19. The molecule has 0 aromatic heterocycles. The first kappa shape index (κ1) is 28.1. The van der Waals surface area contributed by atoms with Crippen LogP contribution in [-0.4, -0.2) is 70.1 Å². The molecule has 1 aromatic rings. The van der Waals surface area contributed by atoms with Crippen molar-refractivity contribution >= 4 is 30.0 Å². The SMILES string of the molecule is C/C=C/c1cc2c(cc1O)C(=O)C1C=C(O)C(/C=C/C(=O)N3CCCCC3)=CC1C2=O.O=CN1CCCCC1. The maximum Gasteiger partial charge on any atom is 0.246 e. The smallest absolute Gasteiger partial charge is 0.246 e. The van der Waals surface area contributed by atoms with Crippen LogP contribution >= 0.6 is 0 Å². The molecule has 4 aliphatic rings. The number of nitrogens with zero attached hydrogens (tertiary/aromatic N) is 2. The van der Waals surface area contributed by atoms with Crippen LogP contribution in [0.1, 0.15) is 71.7 Å². The van der Waals surface area contributed by atoms with Gasteiger partial charge in [0.25, 0.3) is 0 Å². The molecule has 1 aromatic carbocycles. The maximum absolute atomic E-state index is 13.2. The Balaban J connectivity index is 0.000000379. The number of amides is 2. The number of allylic oxidation sites excluding steroid dienone is 4. The predicted octanol–water partition coefficient (Wildman–Crippen LogP) is 4.62. The van der Waals surface area contributed by atoms with Crippen molar-refractivity contribution in [1.82, 2.24) is 9.80 Å². The summed E-state index contributed by atoms with van der Waals surface area (Å²) in [6.07, 6.45) is 17.0. The number of aliphatic hydroxyl groups is 1. The number of Topliss-reactive ketones (excluding diaryl/α,β-unsaturated/α-hetero) is 2. The summed E-state index contributed by atoms with van der Waals surface area (Å²) in [5.74, 6) is -2.50. The number of aromatic hydroxyl groups is 1. The van der Waals surface area contributed by atoms with Gasteiger partial charge in [0.2, 0.25) is 12.3 Å². The van der Waals surface area contributed by atoms with Crippen molar-refractivity contribution < 1.29 is 29.4 Å². The first-order chi connectivity index (χ1) is 18.8. The van der Waals surface area contributed by atoms with Gasteiger partial charge in [0, 0.05) is 54.5 Å². The Morgan fingerprint density at radius 2 is 1.44 bits per heavy atom. The van der Waals surface area contributed by atoms with Gasteiger partial charge in [0.05, 0.1) is 11.8 Å². The van der Waals surface area contributed by atoms with Crippen molar-refractivity contribution in [3.8, 4) is 5.75 Å². The van der Waals surface area contributed by atoms with E-state index in [-0.39, 0.29) is 40.1 Å². The van der Waals surface area contributed by atoms with E-state index in [9.17, 15) is 29.4 Å². The fourth-order valence-electron chi connectivity index (χ4n) is 5.46. The largest absolute Gasteiger partial charge is 0.508 e. The second-order valence-electron chi connectivity index (χ2n) is 10.3. The highest BCUT2D eigenvalue weighted by atomic mass is 16.3. The predicted molar refractivity (Wildman–Crippen MR) is 148 cm³/mol. The monoisotopic (exact) mass is 532 g/mol. The lowest BCUT2D eigenvalue weighted by Gasteiger charge is -2.30. The third kappa shape index (κ3) is 6.38. The zero-order valence-corrected chi connectivity index (χ0v) is 22.3. The molecular formula is C31H36N2O6. The van der Waals surface area contributed by atoms with Crippen LogP contribution in [0.15, 0.2) is 53.8 Å². The molecule has 0 saturated carbocycles. The normalized spacial score (nSPS) is 23.0. The second-order valence-corrected chi connectivity index (χ2v) is 10.3. The number of likely N-dealkylation sites (tertiary alicyclic amines) is 2. The van der Waals surface area contributed by atoms with Crippen LogP contribution in [0, 0.1) is 11.8 Å². The van der Waals surface area contributed by atoms with Crippen LogP contribution in [0.2, 0.25) is 0 Å². The number of phenols is 1. The molecule has 2 N–H and O–H groups in total. The van der Waals surface area contributed by atoms with Gasteiger partial charge in [-0.1, -0.05) is 18.2 Å². The van der Waals surface area contributed by atoms with E-state index in [0.717, 1.165) is 51.9 Å². The van der Waals surface area contributed by atoms with Gasteiger partial charge in [-0.3, -0.25) is 19.2 Å². The van der Waals surface area contributed by atoms with Crippen LogP contribution in [0.25, 0.3) is 6.08 Å². The summed E-state index contributed by atoms with van der Waals surface area (Å²) in [6, 6.07) is 2.85. The van der Waals surface area contributed by atoms with E-state index in [0.29, 0.717) is 11.1 Å². The molecule has 2 unspecified atom stereocenters. The van der Waals surface area contributed by atoms with Gasteiger partial charge >= 0.3 is 0 Å². The molecule has 2 fully saturated rings. The van der Waals surface area contributed by atoms with E-state index < -0.39 is 11.8 Å². The van der Waals surface area contributed by atoms with Crippen molar-refractivity contribution in [3.63, 3.8) is 0 Å². The zero-order valence-electron chi connectivity index (χ0n) is 22.3. The Kier molecular flexibility index (Phi) is 9.17. The number of rotatable bonds is 4. The molecule has 8 heteroatoms. The molecule has 2 amide bonds. The number of benzene rings is 1. The fraction of sp³-hybridized carbons (Fsp3) is 0.419. The lowest BCUT2D eigenvalue weighted by molar-refractivity contribution is -0.126. The Labute approximate surface area is 229 Å². The second kappa shape index (κ2) is 12.7. The van der Waals surface area contributed by atoms with Gasteiger partial charge in [0.15, 0.2) is 11.6 Å². The van der Waals surface area contributed by atoms with Gasteiger partial charge in [-0.05, 0) is 69.7 Å². The van der Waals surface area contributed by atoms with Gasteiger partial charge in [-0.2, -0.15) is 0 Å². The van der Waals surface area contributed by atoms with E-state index >= 15 is 0 Å². The van der Waals surface area contributed by atoms with Crippen molar-refractivity contribution in [3.05, 3.63) is 70.5 Å². The molecule has 0 spiro atoms. The van der Waals surface area contributed by atoms with Crippen molar-refractivity contribution in [2.75, 3.05) is 26.2 Å². The summed E-state index contributed by atoms with van der Waals surface area (Å²) in [5, 5.41) is 20.6. The molecule has 2 atom stereocenters. The highest BCUT2D eigenvalue weighted by Crippen LogP contribution is 2.39. The first-order valence-corrected chi connectivity index (χ1v) is 13.7. The van der Waals surface area contributed by atoms with Crippen LogP contribution in [0.3, 0.4) is 0 Å². The fourth-order valence-corrected chi connectivity index (χ4v) is 5.46. The summed E-state index contributed by atoms with van der Waals surface area (Å²) >= 11 is 0. The number of piperidine rings is 2. The third-order valence-corrected chi connectivity index (χ3v) is 7.64. The minimum atomic E-state index is -0.832. The molecule has 2 heterocycles. The number of carbonyl (C=O) groups excluding carboxylic acids is 4. The van der Waals surface area contributed by atoms with Crippen LogP contribution in [-0.2, 0) is 9.59 Å². The summed E-state index contributed by atoms with van der Waals surface area (Å²) in [7, 11) is 0. The zero-order chi connectivity index (χ0) is 27.9. The molecule has 8 nitrogen and oxygen atoms in total. The highest BCUT2D eigenvalue weighted by molar-refractivity contribution is 6.18. The van der Waals surface area contributed by atoms with Crippen LogP contribution in [0.4, 0.5) is 0 Å². The molecule has 206 valence electrons. The average Bonchev–Trinajstić information content (AvgIpc) is 2.97. The highest BCUT2D eigenvalue weighted by Gasteiger charge is 2.42. The standard InChI is InChI=1S/C25H25NO5.C6H11NO/c1-2-6-15-11-17-19(13-21(15)27)25(31)20-14-22(28)16(12-18(20)24(17)30)7-8-23(29)26-9-4-3-5-10-26;8-6-7-4-2-1-3-5-7/h2,6-8,11-14,18,20,27-28H,3-5,9-10H2,1H3;6H,1-5H2/b6-2+,8-7+;. The van der Waals surface area contributed by atoms with E-state index in [1.165, 1.54) is 49.6 Å². The lowest BCUT2D eigenvalue weighted by Crippen LogP contribution is -2.36. The van der Waals surface area contributed by atoms with Crippen molar-refractivity contribution in [2.24, 2.45) is 11.8 Å². The molecule has 2 aliphatic heterocycles. The summed E-state index contributed by atoms with van der Waals surface area (Å²) < 4.78 is 0. The molecule has 2 saturated heterocycles. The first-order valence-electron chi connectivity index (χ1n) is 13.7. The molecule has 5 rings (SSSR count). The maximum atomic E-state index is 13.2. The third-order valence-electron chi connectivity index (χ3n) is 7.64. The van der Waals surface area contributed by atoms with E-state index in [1.807, 2.05) is 4.90 Å². The average molecular weight is 533 g/mol. The van der Waals surface area contributed by atoms with E-state index in [2.05, 4.69) is 0 Å². The molecular weight excluding hydrogens is 496 g/mol. The number of hydrogen-bond donors (Lipinski definition) is 2. The molecule has 39 heavy (non-hydrogen) atoms. The number of fused-ring (bicyclic) bond motifs is 2. The Bertz CT molecular complexity index is 1250. The topological polar surface area (TPSA) is 115 Å². The Morgan fingerprint density at radius 1 is 0.846 bits per heavy atom. The van der Waals surface area contributed by atoms with Gasteiger partial charge in [-0.15, -0.1) is 0 Å². The van der Waals surface area contributed by atoms with Gasteiger partial charge in [0.1, 0.15) is 11.5 Å². The minimum absolute atomic E-state index is 0.0733. The number of carbonyl (C=O) groups is 4. The molecule has 0 radical (unpaired) electrons. The van der Waals surface area contributed by atoms with Gasteiger partial charge < -0.3 is 20.0 Å². The minimum Gasteiger partial charge on any atom is -0.508 e. The molecule has 0 bridgehead atoms. The summed E-state index contributed by atoms with van der Waals surface area (Å²) in [4.78, 5) is 52.3. The van der Waals surface area contributed by atoms with Gasteiger partial charge in [-0.25, -0.2) is 0 Å². The van der Waals surface area contributed by atoms with E-state index in [4.69, 9.17) is 0 Å². The Hall–Kier alpha value is -3.94.